The molecule has 3 aromatic rings. The Morgan fingerprint density at radius 3 is 2.39 bits per heavy atom. The van der Waals surface area contributed by atoms with E-state index in [2.05, 4.69) is 58.7 Å². The zero-order valence-electron chi connectivity index (χ0n) is 16.7. The molecule has 4 rings (SSSR count). The standard InChI is InChI=1S/C25H28N2O/c1-18-14-19(2)16-21(15-18)25(28)26-17-24(27-12-5-6-13-27)23-11-7-9-20-8-3-4-10-22(20)23/h3-4,7-11,14-16,24H,5-6,12-13,17H2,1-2H3,(H,26,28)/t24-/m1/s1. The number of carbonyl (C=O) groups is 1. The van der Waals surface area contributed by atoms with E-state index in [0.29, 0.717) is 6.54 Å². The number of fused-ring (bicyclic) bond motifs is 1. The minimum absolute atomic E-state index is 0.0104. The van der Waals surface area contributed by atoms with Gasteiger partial charge in [-0.05, 0) is 68.2 Å². The zero-order valence-corrected chi connectivity index (χ0v) is 16.7. The van der Waals surface area contributed by atoms with E-state index in [0.717, 1.165) is 29.8 Å². The lowest BCUT2D eigenvalue weighted by Crippen LogP contribution is -2.37. The lowest BCUT2D eigenvalue weighted by molar-refractivity contribution is 0.0938. The van der Waals surface area contributed by atoms with Crippen LogP contribution in [-0.2, 0) is 0 Å². The van der Waals surface area contributed by atoms with Crippen molar-refractivity contribution < 1.29 is 4.79 Å². The summed E-state index contributed by atoms with van der Waals surface area (Å²) in [4.78, 5) is 15.4. The van der Waals surface area contributed by atoms with Crippen LogP contribution in [0.3, 0.4) is 0 Å². The summed E-state index contributed by atoms with van der Waals surface area (Å²) in [5.74, 6) is 0.0104. The second kappa shape index (κ2) is 8.15. The fraction of sp³-hybridized carbons (Fsp3) is 0.320. The number of amides is 1. The van der Waals surface area contributed by atoms with Crippen LogP contribution in [0.4, 0.5) is 0 Å². The van der Waals surface area contributed by atoms with E-state index in [1.165, 1.54) is 29.2 Å². The van der Waals surface area contributed by atoms with E-state index in [-0.39, 0.29) is 11.9 Å². The van der Waals surface area contributed by atoms with Gasteiger partial charge in [-0.25, -0.2) is 0 Å². The van der Waals surface area contributed by atoms with Crippen LogP contribution < -0.4 is 5.32 Å². The van der Waals surface area contributed by atoms with E-state index < -0.39 is 0 Å². The Balaban J connectivity index is 1.61. The van der Waals surface area contributed by atoms with Gasteiger partial charge in [0.2, 0.25) is 0 Å². The highest BCUT2D eigenvalue weighted by Gasteiger charge is 2.25. The van der Waals surface area contributed by atoms with Crippen molar-refractivity contribution in [3.8, 4) is 0 Å². The Bertz CT molecular complexity index is 963. The number of rotatable bonds is 5. The summed E-state index contributed by atoms with van der Waals surface area (Å²) >= 11 is 0. The monoisotopic (exact) mass is 372 g/mol. The van der Waals surface area contributed by atoms with Crippen molar-refractivity contribution in [2.45, 2.75) is 32.7 Å². The van der Waals surface area contributed by atoms with Gasteiger partial charge in [-0.1, -0.05) is 59.7 Å². The van der Waals surface area contributed by atoms with Gasteiger partial charge in [0.25, 0.3) is 5.91 Å². The first-order chi connectivity index (χ1) is 13.6. The Morgan fingerprint density at radius 2 is 1.64 bits per heavy atom. The third-order valence-corrected chi connectivity index (χ3v) is 5.70. The molecule has 0 saturated carbocycles. The molecule has 3 nitrogen and oxygen atoms in total. The molecule has 1 saturated heterocycles. The minimum Gasteiger partial charge on any atom is -0.350 e. The van der Waals surface area contributed by atoms with Crippen LogP contribution in [0.5, 0.6) is 0 Å². The number of hydrogen-bond donors (Lipinski definition) is 1. The zero-order chi connectivity index (χ0) is 19.5. The van der Waals surface area contributed by atoms with Gasteiger partial charge in [-0.15, -0.1) is 0 Å². The van der Waals surface area contributed by atoms with Crippen molar-refractivity contribution in [3.63, 3.8) is 0 Å². The fourth-order valence-corrected chi connectivity index (χ4v) is 4.43. The molecule has 1 N–H and O–H groups in total. The number of hydrogen-bond acceptors (Lipinski definition) is 2. The molecule has 1 aliphatic rings. The average Bonchev–Trinajstić information content (AvgIpc) is 3.22. The molecule has 3 heteroatoms. The Labute approximate surface area is 167 Å². The van der Waals surface area contributed by atoms with Crippen LogP contribution in [0.25, 0.3) is 10.8 Å². The Kier molecular flexibility index (Phi) is 5.45. The Hall–Kier alpha value is -2.65. The highest BCUT2D eigenvalue weighted by molar-refractivity contribution is 5.94. The van der Waals surface area contributed by atoms with Crippen molar-refractivity contribution in [2.75, 3.05) is 19.6 Å². The molecule has 144 valence electrons. The van der Waals surface area contributed by atoms with Crippen LogP contribution in [0.15, 0.2) is 60.7 Å². The van der Waals surface area contributed by atoms with Crippen molar-refractivity contribution in [1.82, 2.24) is 10.2 Å². The maximum absolute atomic E-state index is 12.8. The maximum atomic E-state index is 12.8. The molecule has 1 fully saturated rings. The molecule has 1 aliphatic heterocycles. The van der Waals surface area contributed by atoms with Gasteiger partial charge in [0.15, 0.2) is 0 Å². The summed E-state index contributed by atoms with van der Waals surface area (Å²) in [6, 6.07) is 21.3. The highest BCUT2D eigenvalue weighted by atomic mass is 16.1. The number of nitrogens with one attached hydrogen (secondary N) is 1. The van der Waals surface area contributed by atoms with Crippen LogP contribution in [0, 0.1) is 13.8 Å². The third-order valence-electron chi connectivity index (χ3n) is 5.70. The molecular formula is C25H28N2O. The van der Waals surface area contributed by atoms with Crippen LogP contribution >= 0.6 is 0 Å². The summed E-state index contributed by atoms with van der Waals surface area (Å²) in [6.07, 6.45) is 2.46. The lowest BCUT2D eigenvalue weighted by atomic mass is 9.97. The molecule has 28 heavy (non-hydrogen) atoms. The van der Waals surface area contributed by atoms with Crippen molar-refractivity contribution in [2.24, 2.45) is 0 Å². The smallest absolute Gasteiger partial charge is 0.251 e. The summed E-state index contributed by atoms with van der Waals surface area (Å²) in [6.45, 7) is 6.88. The first-order valence-corrected chi connectivity index (χ1v) is 10.2. The molecule has 0 aliphatic carbocycles. The molecule has 0 bridgehead atoms. The molecule has 0 spiro atoms. The minimum atomic E-state index is 0.0104. The van der Waals surface area contributed by atoms with Gasteiger partial charge in [-0.2, -0.15) is 0 Å². The predicted octanol–water partition coefficient (Wildman–Crippen LogP) is 5.02. The number of carbonyl (C=O) groups excluding carboxylic acids is 1. The van der Waals surface area contributed by atoms with E-state index >= 15 is 0 Å². The van der Waals surface area contributed by atoms with E-state index in [1.54, 1.807) is 0 Å². The van der Waals surface area contributed by atoms with Crippen LogP contribution in [-0.4, -0.2) is 30.4 Å². The van der Waals surface area contributed by atoms with Crippen LogP contribution in [0.2, 0.25) is 0 Å². The number of likely N-dealkylation sites (tertiary alicyclic amines) is 1. The maximum Gasteiger partial charge on any atom is 0.251 e. The molecule has 1 atom stereocenters. The predicted molar refractivity (Wildman–Crippen MR) is 116 cm³/mol. The lowest BCUT2D eigenvalue weighted by Gasteiger charge is -2.29. The largest absolute Gasteiger partial charge is 0.350 e. The van der Waals surface area contributed by atoms with Crippen molar-refractivity contribution in [3.05, 3.63) is 82.9 Å². The molecule has 0 unspecified atom stereocenters. The SMILES string of the molecule is Cc1cc(C)cc(C(=O)NC[C@H](c2cccc3ccccc23)N2CCCC2)c1. The van der Waals surface area contributed by atoms with Gasteiger partial charge >= 0.3 is 0 Å². The van der Waals surface area contributed by atoms with Crippen LogP contribution in [0.1, 0.15) is 45.9 Å². The van der Waals surface area contributed by atoms with Gasteiger partial charge in [0, 0.05) is 12.1 Å². The van der Waals surface area contributed by atoms with E-state index in [1.807, 2.05) is 26.0 Å². The molecule has 0 aromatic heterocycles. The second-order valence-electron chi connectivity index (χ2n) is 7.91. The third kappa shape index (κ3) is 3.95. The molecule has 0 radical (unpaired) electrons. The summed E-state index contributed by atoms with van der Waals surface area (Å²) < 4.78 is 0. The van der Waals surface area contributed by atoms with Gasteiger partial charge in [0.1, 0.15) is 0 Å². The van der Waals surface area contributed by atoms with Gasteiger partial charge < -0.3 is 5.32 Å². The molecular weight excluding hydrogens is 344 g/mol. The molecule has 1 amide bonds. The van der Waals surface area contributed by atoms with Crippen molar-refractivity contribution in [1.29, 1.82) is 0 Å². The Morgan fingerprint density at radius 1 is 0.964 bits per heavy atom. The van der Waals surface area contributed by atoms with Gasteiger partial charge in [-0.3, -0.25) is 9.69 Å². The summed E-state index contributed by atoms with van der Waals surface area (Å²) in [5, 5.41) is 5.75. The summed E-state index contributed by atoms with van der Waals surface area (Å²) in [7, 11) is 0. The number of nitrogens with zero attached hydrogens (tertiary/aromatic N) is 1. The van der Waals surface area contributed by atoms with E-state index in [4.69, 9.17) is 0 Å². The second-order valence-corrected chi connectivity index (χ2v) is 7.91. The number of aryl methyl sites for hydroxylation is 2. The fourth-order valence-electron chi connectivity index (χ4n) is 4.43. The van der Waals surface area contributed by atoms with Crippen molar-refractivity contribution >= 4 is 16.7 Å². The topological polar surface area (TPSA) is 32.3 Å². The average molecular weight is 373 g/mol. The highest BCUT2D eigenvalue weighted by Crippen LogP contribution is 2.30. The normalized spacial score (nSPS) is 15.6. The van der Waals surface area contributed by atoms with Gasteiger partial charge in [0.05, 0.1) is 6.04 Å². The first-order valence-electron chi connectivity index (χ1n) is 10.2. The molecule has 1 heterocycles. The first kappa shape index (κ1) is 18.7. The quantitative estimate of drug-likeness (QED) is 0.682. The summed E-state index contributed by atoms with van der Waals surface area (Å²) in [5.41, 5.74) is 4.29. The van der Waals surface area contributed by atoms with E-state index in [9.17, 15) is 4.79 Å². The number of benzene rings is 3. The molecule has 3 aromatic carbocycles.